The molecule has 0 unspecified atom stereocenters. The second-order valence-corrected chi connectivity index (χ2v) is 7.83. The molecule has 0 spiro atoms. The van der Waals surface area contributed by atoms with Crippen LogP contribution in [-0.4, -0.2) is 19.6 Å². The minimum atomic E-state index is -3.39. The van der Waals surface area contributed by atoms with Gasteiger partial charge in [-0.25, -0.2) is 8.42 Å². The summed E-state index contributed by atoms with van der Waals surface area (Å²) >= 11 is 0. The molecule has 0 aliphatic rings. The molecule has 6 heteroatoms. The van der Waals surface area contributed by atoms with Crippen LogP contribution in [0.2, 0.25) is 0 Å². The highest BCUT2D eigenvalue weighted by Gasteiger charge is 2.15. The summed E-state index contributed by atoms with van der Waals surface area (Å²) in [6, 6.07) is 13.8. The monoisotopic (exact) mass is 332 g/mol. The summed E-state index contributed by atoms with van der Waals surface area (Å²) in [6.07, 6.45) is 0. The first-order valence-electron chi connectivity index (χ1n) is 7.27. The zero-order valence-electron chi connectivity index (χ0n) is 13.3. The van der Waals surface area contributed by atoms with E-state index in [4.69, 9.17) is 0 Å². The van der Waals surface area contributed by atoms with Gasteiger partial charge in [0.2, 0.25) is 10.0 Å². The number of benzene rings is 2. The molecule has 0 saturated carbocycles. The molecule has 2 rings (SSSR count). The lowest BCUT2D eigenvalue weighted by Crippen LogP contribution is -2.22. The molecule has 122 valence electrons. The van der Waals surface area contributed by atoms with Crippen molar-refractivity contribution in [2.75, 3.05) is 10.0 Å². The lowest BCUT2D eigenvalue weighted by molar-refractivity contribution is 0.102. The number of nitrogens with one attached hydrogen (secondary N) is 2. The predicted molar refractivity (Wildman–Crippen MR) is 93.3 cm³/mol. The topological polar surface area (TPSA) is 75.3 Å². The Kier molecular flexibility index (Phi) is 5.05. The summed E-state index contributed by atoms with van der Waals surface area (Å²) in [6.45, 7) is 5.16. The highest BCUT2D eigenvalue weighted by molar-refractivity contribution is 7.93. The van der Waals surface area contributed by atoms with E-state index in [1.165, 1.54) is 0 Å². The van der Waals surface area contributed by atoms with Gasteiger partial charge in [0.15, 0.2) is 0 Å². The van der Waals surface area contributed by atoms with Gasteiger partial charge in [-0.1, -0.05) is 12.1 Å². The molecule has 0 radical (unpaired) electrons. The van der Waals surface area contributed by atoms with Gasteiger partial charge in [-0.3, -0.25) is 9.52 Å². The van der Waals surface area contributed by atoms with E-state index in [9.17, 15) is 13.2 Å². The first-order chi connectivity index (χ1) is 10.8. The van der Waals surface area contributed by atoms with Crippen molar-refractivity contribution in [2.45, 2.75) is 26.0 Å². The van der Waals surface area contributed by atoms with Crippen LogP contribution in [-0.2, 0) is 10.0 Å². The van der Waals surface area contributed by atoms with Gasteiger partial charge >= 0.3 is 0 Å². The van der Waals surface area contributed by atoms with Crippen molar-refractivity contribution in [3.8, 4) is 0 Å². The van der Waals surface area contributed by atoms with Crippen LogP contribution in [0.1, 0.15) is 29.8 Å². The van der Waals surface area contributed by atoms with Crippen molar-refractivity contribution in [1.82, 2.24) is 0 Å². The van der Waals surface area contributed by atoms with E-state index in [2.05, 4.69) is 10.0 Å². The lowest BCUT2D eigenvalue weighted by atomic mass is 10.2. The average Bonchev–Trinajstić information content (AvgIpc) is 2.47. The molecule has 0 aliphatic carbocycles. The van der Waals surface area contributed by atoms with Crippen LogP contribution < -0.4 is 10.0 Å². The Balaban J connectivity index is 2.09. The molecule has 0 aliphatic heterocycles. The normalized spacial score (nSPS) is 11.3. The predicted octanol–water partition coefficient (Wildman–Crippen LogP) is 3.40. The fourth-order valence-corrected chi connectivity index (χ4v) is 2.60. The molecule has 2 aromatic carbocycles. The zero-order chi connectivity index (χ0) is 17.0. The van der Waals surface area contributed by atoms with Crippen molar-refractivity contribution in [2.24, 2.45) is 0 Å². The van der Waals surface area contributed by atoms with Crippen LogP contribution in [0.4, 0.5) is 11.4 Å². The molecular weight excluding hydrogens is 312 g/mol. The molecule has 2 aromatic rings. The van der Waals surface area contributed by atoms with Crippen molar-refractivity contribution in [3.63, 3.8) is 0 Å². The summed E-state index contributed by atoms with van der Waals surface area (Å²) in [5.74, 6) is -0.242. The van der Waals surface area contributed by atoms with Crippen LogP contribution in [0.5, 0.6) is 0 Å². The molecule has 0 saturated heterocycles. The highest BCUT2D eigenvalue weighted by atomic mass is 32.2. The quantitative estimate of drug-likeness (QED) is 0.881. The second-order valence-electron chi connectivity index (χ2n) is 5.60. The molecular formula is C17H20N2O3S. The van der Waals surface area contributed by atoms with Crippen LogP contribution in [0.15, 0.2) is 48.5 Å². The van der Waals surface area contributed by atoms with Crippen LogP contribution in [0.3, 0.4) is 0 Å². The van der Waals surface area contributed by atoms with E-state index >= 15 is 0 Å². The largest absolute Gasteiger partial charge is 0.322 e. The van der Waals surface area contributed by atoms with Gasteiger partial charge in [0.05, 0.1) is 5.25 Å². The van der Waals surface area contributed by atoms with Gasteiger partial charge in [-0.05, 0) is 62.7 Å². The smallest absolute Gasteiger partial charge is 0.255 e. The van der Waals surface area contributed by atoms with E-state index in [-0.39, 0.29) is 5.91 Å². The number of aryl methyl sites for hydroxylation is 1. The summed E-state index contributed by atoms with van der Waals surface area (Å²) in [4.78, 5) is 12.2. The number of carbonyl (C=O) groups excluding carboxylic acids is 1. The van der Waals surface area contributed by atoms with E-state index < -0.39 is 15.3 Å². The second kappa shape index (κ2) is 6.83. The fraction of sp³-hybridized carbons (Fsp3) is 0.235. The summed E-state index contributed by atoms with van der Waals surface area (Å²) in [5, 5.41) is 2.29. The fourth-order valence-electron chi connectivity index (χ4n) is 1.90. The SMILES string of the molecule is Cc1cccc(NC(=O)c2ccc(NS(=O)(=O)C(C)C)cc2)c1. The molecule has 0 heterocycles. The Morgan fingerprint density at radius 3 is 2.22 bits per heavy atom. The zero-order valence-corrected chi connectivity index (χ0v) is 14.1. The van der Waals surface area contributed by atoms with Gasteiger partial charge in [-0.15, -0.1) is 0 Å². The number of anilines is 2. The Morgan fingerprint density at radius 1 is 1.00 bits per heavy atom. The van der Waals surface area contributed by atoms with E-state index in [0.29, 0.717) is 11.3 Å². The Labute approximate surface area is 136 Å². The molecule has 23 heavy (non-hydrogen) atoms. The third-order valence-electron chi connectivity index (χ3n) is 3.30. The number of rotatable bonds is 5. The molecule has 1 amide bonds. The van der Waals surface area contributed by atoms with Crippen molar-refractivity contribution in [3.05, 3.63) is 59.7 Å². The van der Waals surface area contributed by atoms with Gasteiger partial charge in [0.1, 0.15) is 0 Å². The molecule has 0 fully saturated rings. The first-order valence-corrected chi connectivity index (χ1v) is 8.82. The molecule has 5 nitrogen and oxygen atoms in total. The maximum absolute atomic E-state index is 12.2. The minimum absolute atomic E-state index is 0.242. The number of hydrogen-bond donors (Lipinski definition) is 2. The number of sulfonamides is 1. The van der Waals surface area contributed by atoms with E-state index in [0.717, 1.165) is 11.3 Å². The Morgan fingerprint density at radius 2 is 1.65 bits per heavy atom. The number of amides is 1. The third-order valence-corrected chi connectivity index (χ3v) is 5.07. The van der Waals surface area contributed by atoms with Crippen molar-refractivity contribution < 1.29 is 13.2 Å². The van der Waals surface area contributed by atoms with Gasteiger partial charge in [-0.2, -0.15) is 0 Å². The van der Waals surface area contributed by atoms with Gasteiger partial charge in [0.25, 0.3) is 5.91 Å². The number of hydrogen-bond acceptors (Lipinski definition) is 3. The summed E-state index contributed by atoms with van der Waals surface area (Å²) in [5.41, 5.74) is 2.67. The third kappa shape index (κ3) is 4.56. The van der Waals surface area contributed by atoms with Gasteiger partial charge in [0, 0.05) is 16.9 Å². The molecule has 0 aromatic heterocycles. The average molecular weight is 332 g/mol. The van der Waals surface area contributed by atoms with Crippen molar-refractivity contribution >= 4 is 27.3 Å². The minimum Gasteiger partial charge on any atom is -0.322 e. The van der Waals surface area contributed by atoms with Crippen LogP contribution in [0, 0.1) is 6.92 Å². The molecule has 0 bridgehead atoms. The van der Waals surface area contributed by atoms with Crippen molar-refractivity contribution in [1.29, 1.82) is 0 Å². The first kappa shape index (κ1) is 17.0. The van der Waals surface area contributed by atoms with Crippen LogP contribution in [0.25, 0.3) is 0 Å². The summed E-state index contributed by atoms with van der Waals surface area (Å²) < 4.78 is 26.1. The Hall–Kier alpha value is -2.34. The lowest BCUT2D eigenvalue weighted by Gasteiger charge is -2.11. The standard InChI is InChI=1S/C17H20N2O3S/c1-12(2)23(21,22)19-15-9-7-14(8-10-15)17(20)18-16-6-4-5-13(3)11-16/h4-12,19H,1-3H3,(H,18,20). The highest BCUT2D eigenvalue weighted by Crippen LogP contribution is 2.15. The van der Waals surface area contributed by atoms with E-state index in [1.54, 1.807) is 38.1 Å². The summed E-state index contributed by atoms with van der Waals surface area (Å²) in [7, 11) is -3.39. The molecule has 0 atom stereocenters. The Bertz CT molecular complexity index is 797. The van der Waals surface area contributed by atoms with Crippen LogP contribution >= 0.6 is 0 Å². The number of carbonyl (C=O) groups is 1. The van der Waals surface area contributed by atoms with Gasteiger partial charge < -0.3 is 5.32 Å². The maximum atomic E-state index is 12.2. The molecule has 2 N–H and O–H groups in total. The van der Waals surface area contributed by atoms with E-state index in [1.807, 2.05) is 31.2 Å². The maximum Gasteiger partial charge on any atom is 0.255 e.